The molecule has 0 saturated carbocycles. The van der Waals surface area contributed by atoms with Crippen molar-refractivity contribution in [2.24, 2.45) is 0 Å². The van der Waals surface area contributed by atoms with Crippen LogP contribution in [-0.2, 0) is 10.0 Å². The Morgan fingerprint density at radius 1 is 0.892 bits per heavy atom. The van der Waals surface area contributed by atoms with Crippen LogP contribution in [0.3, 0.4) is 0 Å². The van der Waals surface area contributed by atoms with E-state index in [0.717, 1.165) is 30.0 Å². The number of carbonyl (C=O) groups excluding carboxylic acids is 1. The van der Waals surface area contributed by atoms with Gasteiger partial charge in [-0.1, -0.05) is 58.0 Å². The Morgan fingerprint density at radius 3 is 2.35 bits per heavy atom. The summed E-state index contributed by atoms with van der Waals surface area (Å²) in [6, 6.07) is 31.4. The molecule has 186 valence electrons. The summed E-state index contributed by atoms with van der Waals surface area (Å²) >= 11 is 6.29. The number of carbonyl (C=O) groups is 1. The monoisotopic (exact) mass is 608 g/mol. The lowest BCUT2D eigenvalue weighted by molar-refractivity contribution is 0.103. The van der Waals surface area contributed by atoms with Crippen molar-refractivity contribution in [2.45, 2.75) is 14.7 Å². The second-order valence-corrected chi connectivity index (χ2v) is 13.2. The van der Waals surface area contributed by atoms with Gasteiger partial charge in [-0.15, -0.1) is 11.3 Å². The normalized spacial score (nSPS) is 11.4. The summed E-state index contributed by atoms with van der Waals surface area (Å²) in [4.78, 5) is 15.9. The van der Waals surface area contributed by atoms with Crippen molar-refractivity contribution in [3.05, 3.63) is 112 Å². The van der Waals surface area contributed by atoms with Crippen LogP contribution >= 0.6 is 39.0 Å². The van der Waals surface area contributed by atoms with Crippen LogP contribution in [0.4, 0.5) is 11.4 Å². The van der Waals surface area contributed by atoms with Crippen LogP contribution in [-0.4, -0.2) is 21.4 Å². The average molecular weight is 610 g/mol. The molecule has 1 amide bonds. The number of sulfonamides is 1. The maximum absolute atomic E-state index is 13.2. The number of halogens is 1. The molecule has 1 N–H and O–H groups in total. The van der Waals surface area contributed by atoms with E-state index in [0.29, 0.717) is 10.6 Å². The van der Waals surface area contributed by atoms with E-state index in [-0.39, 0.29) is 10.8 Å². The molecule has 5 aromatic rings. The topological polar surface area (TPSA) is 66.5 Å². The molecule has 0 spiro atoms. The molecule has 0 atom stereocenters. The molecule has 0 unspecified atom stereocenters. The molecule has 37 heavy (non-hydrogen) atoms. The van der Waals surface area contributed by atoms with Crippen LogP contribution in [0.5, 0.6) is 0 Å². The average Bonchev–Trinajstić information content (AvgIpc) is 3.34. The fraction of sp³-hybridized carbons (Fsp3) is 0.0357. The van der Waals surface area contributed by atoms with Crippen LogP contribution in [0.1, 0.15) is 9.67 Å². The second kappa shape index (κ2) is 10.7. The number of para-hydroxylation sites is 1. The van der Waals surface area contributed by atoms with Crippen LogP contribution in [0.25, 0.3) is 10.1 Å². The van der Waals surface area contributed by atoms with E-state index in [9.17, 15) is 13.2 Å². The van der Waals surface area contributed by atoms with E-state index in [4.69, 9.17) is 0 Å². The van der Waals surface area contributed by atoms with Crippen molar-refractivity contribution in [1.82, 2.24) is 0 Å². The second-order valence-electron chi connectivity index (χ2n) is 8.12. The number of thiophene rings is 1. The number of amides is 1. The Balaban J connectivity index is 1.38. The van der Waals surface area contributed by atoms with Crippen LogP contribution in [0, 0.1) is 0 Å². The van der Waals surface area contributed by atoms with E-state index in [2.05, 4.69) is 21.2 Å². The van der Waals surface area contributed by atoms with Gasteiger partial charge in [-0.2, -0.15) is 0 Å². The molecule has 5 nitrogen and oxygen atoms in total. The van der Waals surface area contributed by atoms with Gasteiger partial charge in [-0.05, 0) is 78.2 Å². The molecule has 4 aromatic carbocycles. The highest BCUT2D eigenvalue weighted by atomic mass is 79.9. The van der Waals surface area contributed by atoms with Crippen molar-refractivity contribution in [2.75, 3.05) is 16.7 Å². The minimum atomic E-state index is -3.72. The first kappa shape index (κ1) is 25.5. The van der Waals surface area contributed by atoms with Gasteiger partial charge < -0.3 is 5.32 Å². The van der Waals surface area contributed by atoms with Crippen LogP contribution in [0.15, 0.2) is 122 Å². The number of nitrogens with zero attached hydrogens (tertiary/aromatic N) is 1. The molecule has 5 rings (SSSR count). The fourth-order valence-electron chi connectivity index (χ4n) is 3.70. The number of anilines is 2. The third kappa shape index (κ3) is 5.60. The van der Waals surface area contributed by atoms with Crippen molar-refractivity contribution >= 4 is 76.4 Å². The summed E-state index contributed by atoms with van der Waals surface area (Å²) in [7, 11) is -2.20. The first-order chi connectivity index (χ1) is 17.8. The van der Waals surface area contributed by atoms with Gasteiger partial charge in [-0.25, -0.2) is 8.42 Å². The van der Waals surface area contributed by atoms with Gasteiger partial charge in [0.05, 0.1) is 21.1 Å². The Labute approximate surface area is 232 Å². The fourth-order valence-corrected chi connectivity index (χ4v) is 7.01. The standard InChI is InChI=1S/C28H21BrN2O3S3/c1-31(37(33,34)23-14-11-20(29)12-15-23)21-13-16-25-19(17-21)18-27(36-25)28(32)30-24-9-5-6-10-26(24)35-22-7-3-2-4-8-22/h2-18H,1H3,(H,30,32). The Morgan fingerprint density at radius 2 is 1.59 bits per heavy atom. The van der Waals surface area contributed by atoms with Gasteiger partial charge >= 0.3 is 0 Å². The summed E-state index contributed by atoms with van der Waals surface area (Å²) in [6.07, 6.45) is 0. The van der Waals surface area contributed by atoms with Gasteiger partial charge in [0, 0.05) is 26.0 Å². The van der Waals surface area contributed by atoms with Crippen LogP contribution in [0.2, 0.25) is 0 Å². The van der Waals surface area contributed by atoms with Gasteiger partial charge in [0.15, 0.2) is 0 Å². The van der Waals surface area contributed by atoms with Gasteiger partial charge in [0.2, 0.25) is 0 Å². The number of nitrogens with one attached hydrogen (secondary N) is 1. The molecule has 0 saturated heterocycles. The summed E-state index contributed by atoms with van der Waals surface area (Å²) < 4.78 is 29.2. The largest absolute Gasteiger partial charge is 0.320 e. The zero-order valence-electron chi connectivity index (χ0n) is 19.6. The predicted molar refractivity (Wildman–Crippen MR) is 157 cm³/mol. The molecule has 9 heteroatoms. The number of hydrogen-bond acceptors (Lipinski definition) is 5. The van der Waals surface area contributed by atoms with E-state index in [1.54, 1.807) is 54.2 Å². The van der Waals surface area contributed by atoms with Crippen molar-refractivity contribution < 1.29 is 13.2 Å². The van der Waals surface area contributed by atoms with E-state index in [1.807, 2.05) is 60.7 Å². The summed E-state index contributed by atoms with van der Waals surface area (Å²) in [6.45, 7) is 0. The SMILES string of the molecule is CN(c1ccc2sc(C(=O)Nc3ccccc3Sc3ccccc3)cc2c1)S(=O)(=O)c1ccc(Br)cc1. The number of hydrogen-bond donors (Lipinski definition) is 1. The molecule has 0 radical (unpaired) electrons. The maximum Gasteiger partial charge on any atom is 0.265 e. The van der Waals surface area contributed by atoms with E-state index >= 15 is 0 Å². The predicted octanol–water partition coefficient (Wildman–Crippen LogP) is 7.89. The van der Waals surface area contributed by atoms with Crippen LogP contribution < -0.4 is 9.62 Å². The quantitative estimate of drug-likeness (QED) is 0.204. The van der Waals surface area contributed by atoms with Crippen molar-refractivity contribution in [1.29, 1.82) is 0 Å². The lowest BCUT2D eigenvalue weighted by Gasteiger charge is -2.19. The van der Waals surface area contributed by atoms with Crippen molar-refractivity contribution in [3.63, 3.8) is 0 Å². The highest BCUT2D eigenvalue weighted by Gasteiger charge is 2.22. The first-order valence-electron chi connectivity index (χ1n) is 11.2. The first-order valence-corrected chi connectivity index (χ1v) is 15.1. The molecule has 0 aliphatic rings. The Hall–Kier alpha value is -3.11. The molecular formula is C28H21BrN2O3S3. The summed E-state index contributed by atoms with van der Waals surface area (Å²) in [5.41, 5.74) is 1.25. The molecule has 1 aromatic heterocycles. The summed E-state index contributed by atoms with van der Waals surface area (Å²) in [5, 5.41) is 3.84. The smallest absolute Gasteiger partial charge is 0.265 e. The maximum atomic E-state index is 13.2. The molecular weight excluding hydrogens is 588 g/mol. The zero-order chi connectivity index (χ0) is 26.0. The molecule has 1 heterocycles. The lowest BCUT2D eigenvalue weighted by Crippen LogP contribution is -2.26. The third-order valence-electron chi connectivity index (χ3n) is 5.67. The van der Waals surface area contributed by atoms with Gasteiger partial charge in [0.1, 0.15) is 0 Å². The lowest BCUT2D eigenvalue weighted by atomic mass is 10.2. The number of fused-ring (bicyclic) bond motifs is 1. The highest BCUT2D eigenvalue weighted by Crippen LogP contribution is 2.35. The van der Waals surface area contributed by atoms with E-state index < -0.39 is 10.0 Å². The minimum Gasteiger partial charge on any atom is -0.320 e. The number of benzene rings is 4. The minimum absolute atomic E-state index is 0.204. The molecule has 0 fully saturated rings. The number of rotatable bonds is 7. The molecule has 0 bridgehead atoms. The van der Waals surface area contributed by atoms with Gasteiger partial charge in [0.25, 0.3) is 15.9 Å². The van der Waals surface area contributed by atoms with E-state index in [1.165, 1.54) is 22.7 Å². The Kier molecular flexibility index (Phi) is 7.39. The highest BCUT2D eigenvalue weighted by molar-refractivity contribution is 9.10. The summed E-state index contributed by atoms with van der Waals surface area (Å²) in [5.74, 6) is -0.209. The molecule has 0 aliphatic heterocycles. The molecule has 0 aliphatic carbocycles. The Bertz CT molecular complexity index is 1690. The third-order valence-corrected chi connectivity index (χ3v) is 10.2. The van der Waals surface area contributed by atoms with Crippen molar-refractivity contribution in [3.8, 4) is 0 Å². The zero-order valence-corrected chi connectivity index (χ0v) is 23.6. The van der Waals surface area contributed by atoms with Gasteiger partial charge in [-0.3, -0.25) is 9.10 Å².